The molecule has 0 spiro atoms. The van der Waals surface area contributed by atoms with E-state index in [0.717, 1.165) is 51.6 Å². The first-order valence-electron chi connectivity index (χ1n) is 9.31. The molecule has 0 aromatic heterocycles. The van der Waals surface area contributed by atoms with E-state index in [1.165, 1.54) is 29.7 Å². The zero-order valence-electron chi connectivity index (χ0n) is 15.4. The van der Waals surface area contributed by atoms with Crippen LogP contribution in [0.15, 0.2) is 48.1 Å². The lowest BCUT2D eigenvalue weighted by molar-refractivity contribution is -0.137. The van der Waals surface area contributed by atoms with E-state index in [1.54, 1.807) is 6.07 Å². The van der Waals surface area contributed by atoms with E-state index in [2.05, 4.69) is 29.4 Å². The average molecular weight is 364 g/mol. The Morgan fingerprint density at radius 2 is 1.92 bits per heavy atom. The molecule has 1 saturated heterocycles. The second-order valence-electron chi connectivity index (χ2n) is 7.49. The minimum absolute atomic E-state index is 0.572. The highest BCUT2D eigenvalue weighted by atomic mass is 19.4. The van der Waals surface area contributed by atoms with E-state index in [0.29, 0.717) is 11.6 Å². The smallest absolute Gasteiger partial charge is 0.369 e. The van der Waals surface area contributed by atoms with Crippen molar-refractivity contribution in [2.45, 2.75) is 32.4 Å². The molecule has 0 saturated carbocycles. The Morgan fingerprint density at radius 1 is 1.19 bits per heavy atom. The van der Waals surface area contributed by atoms with Crippen LogP contribution >= 0.6 is 0 Å². The maximum atomic E-state index is 12.9. The van der Waals surface area contributed by atoms with Gasteiger partial charge in [0.15, 0.2) is 0 Å². The van der Waals surface area contributed by atoms with Gasteiger partial charge in [-0.25, -0.2) is 0 Å². The summed E-state index contributed by atoms with van der Waals surface area (Å²) in [4.78, 5) is 4.47. The van der Waals surface area contributed by atoms with Crippen molar-refractivity contribution in [3.05, 3.63) is 53.6 Å². The Labute approximate surface area is 154 Å². The second-order valence-corrected chi connectivity index (χ2v) is 7.49. The van der Waals surface area contributed by atoms with E-state index in [1.807, 2.05) is 0 Å². The van der Waals surface area contributed by atoms with Crippen LogP contribution in [-0.4, -0.2) is 37.6 Å². The first-order chi connectivity index (χ1) is 12.3. The van der Waals surface area contributed by atoms with E-state index in [4.69, 9.17) is 0 Å². The minimum Gasteiger partial charge on any atom is -0.369 e. The van der Waals surface area contributed by atoms with Crippen molar-refractivity contribution in [2.75, 3.05) is 37.6 Å². The SMILES string of the molecule is C=C(C)[C@@H]1CC=C(CN2CCN(c3cccc(C(F)(F)F)c3)CC2)CC1. The van der Waals surface area contributed by atoms with Gasteiger partial charge in [-0.3, -0.25) is 4.90 Å². The number of hydrogen-bond acceptors (Lipinski definition) is 2. The first kappa shape index (κ1) is 19.0. The number of allylic oxidation sites excluding steroid dienone is 2. The van der Waals surface area contributed by atoms with Crippen LogP contribution in [0.5, 0.6) is 0 Å². The van der Waals surface area contributed by atoms with Gasteiger partial charge >= 0.3 is 6.18 Å². The molecule has 1 aliphatic heterocycles. The fourth-order valence-electron chi connectivity index (χ4n) is 3.81. The van der Waals surface area contributed by atoms with Crippen molar-refractivity contribution in [3.63, 3.8) is 0 Å². The lowest BCUT2D eigenvalue weighted by Crippen LogP contribution is -2.47. The van der Waals surface area contributed by atoms with Crippen molar-refractivity contribution < 1.29 is 13.2 Å². The van der Waals surface area contributed by atoms with Gasteiger partial charge in [-0.15, -0.1) is 0 Å². The highest BCUT2D eigenvalue weighted by Crippen LogP contribution is 2.32. The molecule has 26 heavy (non-hydrogen) atoms. The second kappa shape index (κ2) is 7.87. The summed E-state index contributed by atoms with van der Waals surface area (Å²) < 4.78 is 38.7. The Bertz CT molecular complexity index is 670. The summed E-state index contributed by atoms with van der Waals surface area (Å²) in [6, 6.07) is 5.66. The van der Waals surface area contributed by atoms with E-state index >= 15 is 0 Å². The maximum Gasteiger partial charge on any atom is 0.416 e. The molecule has 1 heterocycles. The summed E-state index contributed by atoms with van der Waals surface area (Å²) in [6.07, 6.45) is 1.49. The van der Waals surface area contributed by atoms with Gasteiger partial charge in [0.05, 0.1) is 5.56 Å². The van der Waals surface area contributed by atoms with Gasteiger partial charge in [0.1, 0.15) is 0 Å². The van der Waals surface area contributed by atoms with Crippen LogP contribution in [0, 0.1) is 5.92 Å². The standard InChI is InChI=1S/C21H27F3N2/c1-16(2)18-8-6-17(7-9-18)15-25-10-12-26(13-11-25)20-5-3-4-19(14-20)21(22,23)24/h3-6,14,18H,1,7-13,15H2,2H3/t18-/m1/s1. The summed E-state index contributed by atoms with van der Waals surface area (Å²) >= 11 is 0. The minimum atomic E-state index is -4.28. The third-order valence-electron chi connectivity index (χ3n) is 5.54. The van der Waals surface area contributed by atoms with Crippen LogP contribution < -0.4 is 4.90 Å². The largest absolute Gasteiger partial charge is 0.416 e. The zero-order valence-corrected chi connectivity index (χ0v) is 15.4. The molecule has 1 atom stereocenters. The van der Waals surface area contributed by atoms with Crippen molar-refractivity contribution in [1.29, 1.82) is 0 Å². The molecule has 142 valence electrons. The number of hydrogen-bond donors (Lipinski definition) is 0. The van der Waals surface area contributed by atoms with Gasteiger partial charge in [-0.1, -0.05) is 29.9 Å². The molecule has 0 bridgehead atoms. The summed E-state index contributed by atoms with van der Waals surface area (Å²) in [5.74, 6) is 0.622. The quantitative estimate of drug-likeness (QED) is 0.684. The first-order valence-corrected chi connectivity index (χ1v) is 9.31. The fourth-order valence-corrected chi connectivity index (χ4v) is 3.81. The lowest BCUT2D eigenvalue weighted by atomic mass is 9.85. The third kappa shape index (κ3) is 4.70. The van der Waals surface area contributed by atoms with Gasteiger partial charge in [-0.2, -0.15) is 13.2 Å². The summed E-state index contributed by atoms with van der Waals surface area (Å²) in [6.45, 7) is 10.5. The maximum absolute atomic E-state index is 12.9. The van der Waals surface area contributed by atoms with Crippen molar-refractivity contribution in [2.24, 2.45) is 5.92 Å². The summed E-state index contributed by atoms with van der Waals surface area (Å²) in [7, 11) is 0. The molecular weight excluding hydrogens is 337 g/mol. The molecule has 0 unspecified atom stereocenters. The summed E-state index contributed by atoms with van der Waals surface area (Å²) in [5.41, 5.74) is 2.86. The molecule has 1 aromatic carbocycles. The van der Waals surface area contributed by atoms with Crippen molar-refractivity contribution >= 4 is 5.69 Å². The summed E-state index contributed by atoms with van der Waals surface area (Å²) in [5, 5.41) is 0. The normalized spacial score (nSPS) is 22.2. The molecule has 0 radical (unpaired) electrons. The van der Waals surface area contributed by atoms with E-state index in [9.17, 15) is 13.2 Å². The van der Waals surface area contributed by atoms with Gasteiger partial charge < -0.3 is 4.90 Å². The molecule has 2 aliphatic rings. The van der Waals surface area contributed by atoms with Crippen LogP contribution in [-0.2, 0) is 6.18 Å². The highest BCUT2D eigenvalue weighted by Gasteiger charge is 2.31. The zero-order chi connectivity index (χ0) is 18.7. The van der Waals surface area contributed by atoms with Crippen LogP contribution in [0.3, 0.4) is 0 Å². The molecule has 2 nitrogen and oxygen atoms in total. The number of rotatable bonds is 4. The number of halogens is 3. The molecule has 0 N–H and O–H groups in total. The number of benzene rings is 1. The Kier molecular flexibility index (Phi) is 5.76. The van der Waals surface area contributed by atoms with Gasteiger partial charge in [0, 0.05) is 38.4 Å². The van der Waals surface area contributed by atoms with E-state index < -0.39 is 11.7 Å². The number of nitrogens with zero attached hydrogens (tertiary/aromatic N) is 2. The molecular formula is C21H27F3N2. The third-order valence-corrected chi connectivity index (χ3v) is 5.54. The molecule has 3 rings (SSSR count). The predicted octanol–water partition coefficient (Wildman–Crippen LogP) is 5.13. The van der Waals surface area contributed by atoms with Crippen LogP contribution in [0.25, 0.3) is 0 Å². The molecule has 1 aliphatic carbocycles. The Morgan fingerprint density at radius 3 is 2.50 bits per heavy atom. The monoisotopic (exact) mass is 364 g/mol. The lowest BCUT2D eigenvalue weighted by Gasteiger charge is -2.37. The molecule has 0 amide bonds. The number of alkyl halides is 3. The fraction of sp³-hybridized carbons (Fsp3) is 0.524. The van der Waals surface area contributed by atoms with E-state index in [-0.39, 0.29) is 0 Å². The van der Waals surface area contributed by atoms with Crippen molar-refractivity contribution in [3.8, 4) is 0 Å². The number of piperazine rings is 1. The molecule has 1 aromatic rings. The van der Waals surface area contributed by atoms with Crippen molar-refractivity contribution in [1.82, 2.24) is 4.90 Å². The average Bonchev–Trinajstić information content (AvgIpc) is 2.62. The van der Waals surface area contributed by atoms with Crippen LogP contribution in [0.2, 0.25) is 0 Å². The van der Waals surface area contributed by atoms with Gasteiger partial charge in [0.2, 0.25) is 0 Å². The molecule has 1 fully saturated rings. The predicted molar refractivity (Wildman–Crippen MR) is 100 cm³/mol. The Balaban J connectivity index is 1.53. The Hall–Kier alpha value is -1.75. The highest BCUT2D eigenvalue weighted by molar-refractivity contribution is 5.49. The van der Waals surface area contributed by atoms with Crippen LogP contribution in [0.4, 0.5) is 18.9 Å². The van der Waals surface area contributed by atoms with Crippen LogP contribution in [0.1, 0.15) is 31.7 Å². The van der Waals surface area contributed by atoms with Gasteiger partial charge in [-0.05, 0) is 50.3 Å². The van der Waals surface area contributed by atoms with Gasteiger partial charge in [0.25, 0.3) is 0 Å². The number of anilines is 1. The topological polar surface area (TPSA) is 6.48 Å². The molecule has 5 heteroatoms.